The van der Waals surface area contributed by atoms with E-state index >= 15 is 0 Å². The number of benzene rings is 2. The monoisotopic (exact) mass is 335 g/mol. The number of hydrogen-bond acceptors (Lipinski definition) is 3. The molecule has 2 aromatic carbocycles. The third-order valence-corrected chi connectivity index (χ3v) is 5.43. The summed E-state index contributed by atoms with van der Waals surface area (Å²) in [7, 11) is 1.71. The lowest BCUT2D eigenvalue weighted by Crippen LogP contribution is -2.25. The van der Waals surface area contributed by atoms with Gasteiger partial charge in [0.25, 0.3) is 0 Å². The second kappa shape index (κ2) is 6.52. The summed E-state index contributed by atoms with van der Waals surface area (Å²) in [6, 6.07) is 13.4. The molecule has 1 atom stereocenters. The minimum absolute atomic E-state index is 0.468. The van der Waals surface area contributed by atoms with Crippen molar-refractivity contribution in [3.8, 4) is 5.75 Å². The molecule has 4 heteroatoms. The lowest BCUT2D eigenvalue weighted by Gasteiger charge is -2.25. The van der Waals surface area contributed by atoms with Crippen LogP contribution in [0.25, 0.3) is 11.0 Å². The lowest BCUT2D eigenvalue weighted by molar-refractivity contribution is 0.205. The van der Waals surface area contributed by atoms with Gasteiger partial charge in [0.15, 0.2) is 0 Å². The SMILES string of the molecule is COc1ccc(C2CCCN2Cn2cnc3cc(C)c(C)cc32)cc1. The van der Waals surface area contributed by atoms with Gasteiger partial charge in [-0.15, -0.1) is 0 Å². The summed E-state index contributed by atoms with van der Waals surface area (Å²) in [6.45, 7) is 6.33. The number of hydrogen-bond donors (Lipinski definition) is 0. The Balaban J connectivity index is 1.60. The second-order valence-corrected chi connectivity index (χ2v) is 7.02. The Labute approximate surface area is 149 Å². The van der Waals surface area contributed by atoms with Gasteiger partial charge in [-0.3, -0.25) is 4.90 Å². The molecule has 1 saturated heterocycles. The first-order valence-corrected chi connectivity index (χ1v) is 8.96. The molecule has 0 bridgehead atoms. The maximum Gasteiger partial charge on any atom is 0.118 e. The van der Waals surface area contributed by atoms with E-state index in [4.69, 9.17) is 4.74 Å². The van der Waals surface area contributed by atoms with E-state index in [0.717, 1.165) is 24.5 Å². The van der Waals surface area contributed by atoms with Gasteiger partial charge in [0.05, 0.1) is 31.1 Å². The third kappa shape index (κ3) is 3.02. The average Bonchev–Trinajstić information content (AvgIpc) is 3.24. The Morgan fingerprint density at radius 3 is 2.64 bits per heavy atom. The summed E-state index contributed by atoms with van der Waals surface area (Å²) in [5.41, 5.74) is 6.30. The van der Waals surface area contributed by atoms with E-state index in [9.17, 15) is 0 Å². The first kappa shape index (κ1) is 16.2. The Morgan fingerprint density at radius 1 is 1.12 bits per heavy atom. The Morgan fingerprint density at radius 2 is 1.88 bits per heavy atom. The standard InChI is InChI=1S/C21H25N3O/c1-15-11-19-21(12-16(15)2)24(13-22-19)14-23-10-4-5-20(23)17-6-8-18(25-3)9-7-17/h6-9,11-13,20H,4-5,10,14H2,1-3H3. The first-order valence-electron chi connectivity index (χ1n) is 8.96. The van der Waals surface area contributed by atoms with Crippen molar-refractivity contribution in [2.45, 2.75) is 39.4 Å². The highest BCUT2D eigenvalue weighted by molar-refractivity contribution is 5.77. The largest absolute Gasteiger partial charge is 0.497 e. The Kier molecular flexibility index (Phi) is 4.22. The summed E-state index contributed by atoms with van der Waals surface area (Å²) < 4.78 is 7.57. The molecule has 25 heavy (non-hydrogen) atoms. The number of aryl methyl sites for hydroxylation is 2. The molecule has 4 nitrogen and oxygen atoms in total. The Bertz CT molecular complexity index is 882. The molecule has 1 aliphatic heterocycles. The van der Waals surface area contributed by atoms with E-state index in [1.54, 1.807) is 7.11 Å². The van der Waals surface area contributed by atoms with Gasteiger partial charge < -0.3 is 9.30 Å². The van der Waals surface area contributed by atoms with E-state index in [2.05, 4.69) is 64.7 Å². The van der Waals surface area contributed by atoms with Crippen LogP contribution in [0.5, 0.6) is 5.75 Å². The molecule has 0 spiro atoms. The maximum absolute atomic E-state index is 5.29. The number of aromatic nitrogens is 2. The molecular formula is C21H25N3O. The predicted molar refractivity (Wildman–Crippen MR) is 101 cm³/mol. The van der Waals surface area contributed by atoms with Crippen molar-refractivity contribution in [1.29, 1.82) is 0 Å². The molecule has 0 radical (unpaired) electrons. The van der Waals surface area contributed by atoms with E-state index in [0.29, 0.717) is 6.04 Å². The minimum atomic E-state index is 0.468. The van der Waals surface area contributed by atoms with Gasteiger partial charge in [0.2, 0.25) is 0 Å². The molecule has 3 aromatic rings. The zero-order valence-corrected chi connectivity index (χ0v) is 15.2. The fourth-order valence-corrected chi connectivity index (χ4v) is 3.82. The maximum atomic E-state index is 5.29. The number of fused-ring (bicyclic) bond motifs is 1. The van der Waals surface area contributed by atoms with E-state index < -0.39 is 0 Å². The van der Waals surface area contributed by atoms with Gasteiger partial charge in [0, 0.05) is 12.6 Å². The Hall–Kier alpha value is -2.33. The van der Waals surface area contributed by atoms with Crippen LogP contribution in [0.15, 0.2) is 42.7 Å². The highest BCUT2D eigenvalue weighted by Gasteiger charge is 2.26. The second-order valence-electron chi connectivity index (χ2n) is 7.02. The van der Waals surface area contributed by atoms with Crippen LogP contribution in [0, 0.1) is 13.8 Å². The van der Waals surface area contributed by atoms with Crippen molar-refractivity contribution in [2.24, 2.45) is 0 Å². The normalized spacial score (nSPS) is 18.1. The number of rotatable bonds is 4. The van der Waals surface area contributed by atoms with Gasteiger partial charge in [-0.05, 0) is 67.6 Å². The lowest BCUT2D eigenvalue weighted by atomic mass is 10.0. The van der Waals surface area contributed by atoms with Crippen LogP contribution >= 0.6 is 0 Å². The van der Waals surface area contributed by atoms with E-state index in [-0.39, 0.29) is 0 Å². The minimum Gasteiger partial charge on any atom is -0.497 e. The van der Waals surface area contributed by atoms with Crippen molar-refractivity contribution >= 4 is 11.0 Å². The van der Waals surface area contributed by atoms with Gasteiger partial charge in [0.1, 0.15) is 5.75 Å². The zero-order chi connectivity index (χ0) is 17.4. The van der Waals surface area contributed by atoms with Crippen LogP contribution in [-0.2, 0) is 6.67 Å². The molecule has 2 heterocycles. The van der Waals surface area contributed by atoms with Crippen molar-refractivity contribution < 1.29 is 4.74 Å². The van der Waals surface area contributed by atoms with Crippen molar-refractivity contribution in [1.82, 2.24) is 14.5 Å². The first-order chi connectivity index (χ1) is 12.2. The quantitative estimate of drug-likeness (QED) is 0.705. The topological polar surface area (TPSA) is 30.3 Å². The number of methoxy groups -OCH3 is 1. The number of likely N-dealkylation sites (tertiary alicyclic amines) is 1. The molecule has 0 amide bonds. The summed E-state index contributed by atoms with van der Waals surface area (Å²) >= 11 is 0. The van der Waals surface area contributed by atoms with Gasteiger partial charge in [-0.2, -0.15) is 0 Å². The van der Waals surface area contributed by atoms with Crippen LogP contribution in [0.4, 0.5) is 0 Å². The smallest absolute Gasteiger partial charge is 0.118 e. The van der Waals surface area contributed by atoms with Gasteiger partial charge in [-0.25, -0.2) is 4.98 Å². The van der Waals surface area contributed by atoms with Crippen LogP contribution in [0.3, 0.4) is 0 Å². The highest BCUT2D eigenvalue weighted by Crippen LogP contribution is 2.33. The van der Waals surface area contributed by atoms with Gasteiger partial charge >= 0.3 is 0 Å². The molecule has 0 N–H and O–H groups in total. The summed E-state index contributed by atoms with van der Waals surface area (Å²) in [4.78, 5) is 7.16. The molecule has 1 fully saturated rings. The number of nitrogens with zero attached hydrogens (tertiary/aromatic N) is 3. The van der Waals surface area contributed by atoms with Crippen molar-refractivity contribution in [3.63, 3.8) is 0 Å². The van der Waals surface area contributed by atoms with E-state index in [1.807, 2.05) is 6.33 Å². The molecule has 1 aromatic heterocycles. The molecule has 0 aliphatic carbocycles. The fourth-order valence-electron chi connectivity index (χ4n) is 3.82. The van der Waals surface area contributed by atoms with Crippen LogP contribution in [0.2, 0.25) is 0 Å². The number of imidazole rings is 1. The summed E-state index contributed by atoms with van der Waals surface area (Å²) in [6.07, 6.45) is 4.42. The van der Waals surface area contributed by atoms with Crippen molar-refractivity contribution in [3.05, 3.63) is 59.4 Å². The van der Waals surface area contributed by atoms with Crippen LogP contribution < -0.4 is 4.74 Å². The number of ether oxygens (including phenoxy) is 1. The molecular weight excluding hydrogens is 310 g/mol. The average molecular weight is 335 g/mol. The molecule has 4 rings (SSSR count). The highest BCUT2D eigenvalue weighted by atomic mass is 16.5. The molecule has 1 aliphatic rings. The zero-order valence-electron chi connectivity index (χ0n) is 15.2. The summed E-state index contributed by atoms with van der Waals surface area (Å²) in [5, 5.41) is 0. The van der Waals surface area contributed by atoms with Crippen molar-refractivity contribution in [2.75, 3.05) is 13.7 Å². The van der Waals surface area contributed by atoms with Crippen LogP contribution in [0.1, 0.15) is 35.6 Å². The predicted octanol–water partition coefficient (Wildman–Crippen LogP) is 4.46. The van der Waals surface area contributed by atoms with Crippen LogP contribution in [-0.4, -0.2) is 28.1 Å². The van der Waals surface area contributed by atoms with Gasteiger partial charge in [-0.1, -0.05) is 12.1 Å². The molecule has 0 saturated carbocycles. The van der Waals surface area contributed by atoms with E-state index in [1.165, 1.54) is 35.0 Å². The summed E-state index contributed by atoms with van der Waals surface area (Å²) in [5.74, 6) is 0.916. The molecule has 1 unspecified atom stereocenters. The molecule has 130 valence electrons. The third-order valence-electron chi connectivity index (χ3n) is 5.43. The fraction of sp³-hybridized carbons (Fsp3) is 0.381.